The molecule has 3 heterocycles. The highest BCUT2D eigenvalue weighted by atomic mass is 32.2. The van der Waals surface area contributed by atoms with E-state index in [1.54, 1.807) is 0 Å². The Morgan fingerprint density at radius 3 is 2.94 bits per heavy atom. The second-order valence-electron chi connectivity index (χ2n) is 7.90. The lowest BCUT2D eigenvalue weighted by Crippen LogP contribution is -2.34. The molecule has 31 heavy (non-hydrogen) atoms. The van der Waals surface area contributed by atoms with Gasteiger partial charge in [0.05, 0.1) is 28.6 Å². The van der Waals surface area contributed by atoms with E-state index in [0.717, 1.165) is 66.6 Å². The molecule has 162 valence electrons. The van der Waals surface area contributed by atoms with E-state index in [0.29, 0.717) is 16.7 Å². The largest absolute Gasteiger partial charge is 0.376 e. The lowest BCUT2D eigenvalue weighted by Gasteiger charge is -2.24. The first-order chi connectivity index (χ1) is 15.2. The monoisotopic (exact) mass is 456 g/mol. The van der Waals surface area contributed by atoms with Crippen molar-refractivity contribution in [3.8, 4) is 0 Å². The first kappa shape index (κ1) is 20.7. The van der Waals surface area contributed by atoms with E-state index in [1.165, 1.54) is 23.1 Å². The minimum atomic E-state index is -0.231. The first-order valence-corrected chi connectivity index (χ1v) is 12.5. The van der Waals surface area contributed by atoms with E-state index in [2.05, 4.69) is 15.3 Å². The molecule has 0 radical (unpaired) electrons. The van der Waals surface area contributed by atoms with E-state index >= 15 is 0 Å². The van der Waals surface area contributed by atoms with Crippen LogP contribution < -0.4 is 11.0 Å². The van der Waals surface area contributed by atoms with Crippen molar-refractivity contribution < 1.29 is 9.53 Å². The van der Waals surface area contributed by atoms with Gasteiger partial charge in [-0.1, -0.05) is 35.2 Å². The second kappa shape index (κ2) is 9.10. The molecule has 7 nitrogen and oxygen atoms in total. The highest BCUT2D eigenvalue weighted by Crippen LogP contribution is 2.30. The molecule has 1 aromatic carbocycles. The molecule has 1 aliphatic heterocycles. The quantitative estimate of drug-likeness (QED) is 0.450. The predicted molar refractivity (Wildman–Crippen MR) is 123 cm³/mol. The molecule has 0 saturated carbocycles. The number of nitrogens with zero attached hydrogens (tertiary/aromatic N) is 3. The summed E-state index contributed by atoms with van der Waals surface area (Å²) >= 11 is 2.80. The third-order valence-electron chi connectivity index (χ3n) is 5.74. The molecule has 5 rings (SSSR count). The number of amides is 1. The van der Waals surface area contributed by atoms with E-state index < -0.39 is 0 Å². The molecule has 9 heteroatoms. The van der Waals surface area contributed by atoms with Gasteiger partial charge in [-0.2, -0.15) is 4.98 Å². The van der Waals surface area contributed by atoms with Gasteiger partial charge in [-0.15, -0.1) is 0 Å². The summed E-state index contributed by atoms with van der Waals surface area (Å²) < 4.78 is 8.59. The van der Waals surface area contributed by atoms with Crippen molar-refractivity contribution in [3.63, 3.8) is 0 Å². The maximum atomic E-state index is 12.8. The Kier molecular flexibility index (Phi) is 6.06. The predicted octanol–water partition coefficient (Wildman–Crippen LogP) is 3.64. The number of thiazole rings is 1. The number of nitrogens with one attached hydrogen (secondary N) is 1. The summed E-state index contributed by atoms with van der Waals surface area (Å²) in [6, 6.07) is 7.80. The fourth-order valence-electron chi connectivity index (χ4n) is 4.26. The van der Waals surface area contributed by atoms with E-state index in [9.17, 15) is 9.59 Å². The molecule has 2 aliphatic rings. The SMILES string of the molecule is O=C(CSc1nc(=O)n(CC2CCCO2)c2c1CCCC2)Nc1nc2ccccc2s1. The van der Waals surface area contributed by atoms with Gasteiger partial charge in [0.1, 0.15) is 5.03 Å². The Morgan fingerprint density at radius 1 is 1.23 bits per heavy atom. The van der Waals surface area contributed by atoms with Crippen molar-refractivity contribution in [2.24, 2.45) is 0 Å². The number of ether oxygens (including phenoxy) is 1. The van der Waals surface area contributed by atoms with Crippen LogP contribution >= 0.6 is 23.1 Å². The van der Waals surface area contributed by atoms with Gasteiger partial charge in [-0.3, -0.25) is 9.36 Å². The average molecular weight is 457 g/mol. The lowest BCUT2D eigenvalue weighted by molar-refractivity contribution is -0.113. The Bertz CT molecular complexity index is 1130. The molecule has 1 fully saturated rings. The number of aromatic nitrogens is 3. The molecule has 3 aromatic rings. The van der Waals surface area contributed by atoms with Crippen LogP contribution in [-0.2, 0) is 28.9 Å². The fourth-order valence-corrected chi connectivity index (χ4v) is 6.02. The number of thioether (sulfide) groups is 1. The number of fused-ring (bicyclic) bond motifs is 2. The molecule has 1 amide bonds. The van der Waals surface area contributed by atoms with Crippen LogP contribution in [0.2, 0.25) is 0 Å². The number of carbonyl (C=O) groups excluding carboxylic acids is 1. The number of hydrogen-bond acceptors (Lipinski definition) is 7. The summed E-state index contributed by atoms with van der Waals surface area (Å²) in [6.07, 6.45) is 6.07. The van der Waals surface area contributed by atoms with Crippen molar-refractivity contribution in [2.75, 3.05) is 17.7 Å². The summed E-state index contributed by atoms with van der Waals surface area (Å²) in [4.78, 5) is 34.1. The van der Waals surface area contributed by atoms with Crippen molar-refractivity contribution >= 4 is 44.4 Å². The van der Waals surface area contributed by atoms with Gasteiger partial charge in [0, 0.05) is 17.9 Å². The third kappa shape index (κ3) is 4.53. The molecule has 1 aliphatic carbocycles. The van der Waals surface area contributed by atoms with Crippen molar-refractivity contribution in [1.29, 1.82) is 0 Å². The third-order valence-corrected chi connectivity index (χ3v) is 7.71. The van der Waals surface area contributed by atoms with Crippen molar-refractivity contribution in [3.05, 3.63) is 46.0 Å². The fraction of sp³-hybridized carbons (Fsp3) is 0.455. The normalized spacial score (nSPS) is 18.3. The Labute approximate surface area is 188 Å². The van der Waals surface area contributed by atoms with E-state index in [4.69, 9.17) is 4.74 Å². The zero-order valence-corrected chi connectivity index (χ0v) is 18.8. The van der Waals surface area contributed by atoms with Gasteiger partial charge in [-0.25, -0.2) is 9.78 Å². The highest BCUT2D eigenvalue weighted by molar-refractivity contribution is 8.00. The average Bonchev–Trinajstić information content (AvgIpc) is 3.43. The molecular formula is C22H24N4O3S2. The van der Waals surface area contributed by atoms with Crippen LogP contribution in [0.4, 0.5) is 5.13 Å². The second-order valence-corrected chi connectivity index (χ2v) is 9.90. The maximum absolute atomic E-state index is 12.8. The molecule has 0 spiro atoms. The zero-order chi connectivity index (χ0) is 21.2. The van der Waals surface area contributed by atoms with Crippen LogP contribution in [0, 0.1) is 0 Å². The van der Waals surface area contributed by atoms with Crippen LogP contribution in [0.3, 0.4) is 0 Å². The molecule has 1 atom stereocenters. The first-order valence-electron chi connectivity index (χ1n) is 10.7. The summed E-state index contributed by atoms with van der Waals surface area (Å²) in [6.45, 7) is 1.35. The Hall–Kier alpha value is -2.23. The standard InChI is InChI=1S/C22H24N4O3S2/c27-19(24-21-23-16-8-2-4-10-18(16)31-21)13-30-20-15-7-1-3-9-17(15)26(22(28)25-20)12-14-6-5-11-29-14/h2,4,8,10,14H,1,3,5-7,9,11-13H2,(H,23,24,27). The molecule has 1 N–H and O–H groups in total. The molecule has 1 unspecified atom stereocenters. The van der Waals surface area contributed by atoms with Gasteiger partial charge in [0.2, 0.25) is 5.91 Å². The Morgan fingerprint density at radius 2 is 2.10 bits per heavy atom. The van der Waals surface area contributed by atoms with Gasteiger partial charge < -0.3 is 10.1 Å². The van der Waals surface area contributed by atoms with Gasteiger partial charge >= 0.3 is 5.69 Å². The minimum Gasteiger partial charge on any atom is -0.376 e. The number of hydrogen-bond donors (Lipinski definition) is 1. The summed E-state index contributed by atoms with van der Waals surface area (Å²) in [5, 5.41) is 4.16. The van der Waals surface area contributed by atoms with Gasteiger partial charge in [-0.05, 0) is 50.7 Å². The molecule has 2 aromatic heterocycles. The number of rotatable bonds is 6. The number of carbonyl (C=O) groups is 1. The Balaban J connectivity index is 1.31. The smallest absolute Gasteiger partial charge is 0.348 e. The summed E-state index contributed by atoms with van der Waals surface area (Å²) in [5.41, 5.74) is 2.85. The van der Waals surface area contributed by atoms with Crippen LogP contribution in [-0.4, -0.2) is 38.9 Å². The lowest BCUT2D eigenvalue weighted by atomic mass is 9.97. The van der Waals surface area contributed by atoms with E-state index in [-0.39, 0.29) is 23.5 Å². The van der Waals surface area contributed by atoms with Crippen molar-refractivity contribution in [1.82, 2.24) is 14.5 Å². The number of anilines is 1. The summed E-state index contributed by atoms with van der Waals surface area (Å²) in [7, 11) is 0. The van der Waals surface area contributed by atoms with Crippen LogP contribution in [0.5, 0.6) is 0 Å². The molecular weight excluding hydrogens is 432 g/mol. The van der Waals surface area contributed by atoms with Gasteiger partial charge in [0.15, 0.2) is 5.13 Å². The minimum absolute atomic E-state index is 0.101. The van der Waals surface area contributed by atoms with Crippen LogP contribution in [0.1, 0.15) is 36.9 Å². The summed E-state index contributed by atoms with van der Waals surface area (Å²) in [5.74, 6) is 0.0591. The molecule has 1 saturated heterocycles. The van der Waals surface area contributed by atoms with Gasteiger partial charge in [0.25, 0.3) is 0 Å². The maximum Gasteiger partial charge on any atom is 0.348 e. The van der Waals surface area contributed by atoms with E-state index in [1.807, 2.05) is 28.8 Å². The number of para-hydroxylation sites is 1. The number of benzene rings is 1. The molecule has 0 bridgehead atoms. The highest BCUT2D eigenvalue weighted by Gasteiger charge is 2.24. The van der Waals surface area contributed by atoms with Crippen LogP contribution in [0.25, 0.3) is 10.2 Å². The zero-order valence-electron chi connectivity index (χ0n) is 17.1. The van der Waals surface area contributed by atoms with Crippen LogP contribution in [0.15, 0.2) is 34.1 Å². The van der Waals surface area contributed by atoms with Crippen molar-refractivity contribution in [2.45, 2.75) is 56.2 Å². The topological polar surface area (TPSA) is 86.1 Å².